The molecule has 4 heteroatoms. The molecule has 0 aliphatic rings. The zero-order valence-corrected chi connectivity index (χ0v) is 10.3. The van der Waals surface area contributed by atoms with Gasteiger partial charge in [0, 0.05) is 6.20 Å². The molecule has 0 saturated heterocycles. The third-order valence-electron chi connectivity index (χ3n) is 2.68. The molecule has 1 aromatic heterocycles. The summed E-state index contributed by atoms with van der Waals surface area (Å²) in [6.07, 6.45) is 1.70. The topological polar surface area (TPSA) is 62.2 Å². The molecular weight excluding hydrogens is 228 g/mol. The molecule has 92 valence electrons. The molecule has 1 heterocycles. The standard InChI is InChI=1S/C14H14N2O2/c1-9-5-6-13(11(8-9)14(17)18)16-12-4-3-7-15-10(12)2/h3-8,16H,1-2H3,(H,17,18). The van der Waals surface area contributed by atoms with Crippen molar-refractivity contribution in [2.75, 3.05) is 5.32 Å². The molecule has 0 unspecified atom stereocenters. The highest BCUT2D eigenvalue weighted by Crippen LogP contribution is 2.23. The minimum absolute atomic E-state index is 0.262. The summed E-state index contributed by atoms with van der Waals surface area (Å²) in [5, 5.41) is 12.3. The van der Waals surface area contributed by atoms with E-state index >= 15 is 0 Å². The van der Waals surface area contributed by atoms with E-state index in [9.17, 15) is 9.90 Å². The number of hydrogen-bond donors (Lipinski definition) is 2. The molecule has 2 aromatic rings. The maximum atomic E-state index is 11.2. The Morgan fingerprint density at radius 2 is 2.00 bits per heavy atom. The zero-order chi connectivity index (χ0) is 13.1. The highest BCUT2D eigenvalue weighted by molar-refractivity contribution is 5.95. The van der Waals surface area contributed by atoms with Gasteiger partial charge in [-0.05, 0) is 38.1 Å². The van der Waals surface area contributed by atoms with E-state index in [2.05, 4.69) is 10.3 Å². The number of hydrogen-bond acceptors (Lipinski definition) is 3. The maximum Gasteiger partial charge on any atom is 0.337 e. The van der Waals surface area contributed by atoms with E-state index in [4.69, 9.17) is 0 Å². The van der Waals surface area contributed by atoms with Crippen molar-refractivity contribution >= 4 is 17.3 Å². The fourth-order valence-corrected chi connectivity index (χ4v) is 1.71. The van der Waals surface area contributed by atoms with Crippen LogP contribution >= 0.6 is 0 Å². The summed E-state index contributed by atoms with van der Waals surface area (Å²) >= 11 is 0. The molecule has 2 rings (SSSR count). The Morgan fingerprint density at radius 1 is 1.22 bits per heavy atom. The first-order valence-electron chi connectivity index (χ1n) is 5.60. The molecule has 0 aliphatic heterocycles. The number of aryl methyl sites for hydroxylation is 2. The Kier molecular flexibility index (Phi) is 3.28. The minimum Gasteiger partial charge on any atom is -0.478 e. The van der Waals surface area contributed by atoms with Crippen LogP contribution in [0.3, 0.4) is 0 Å². The summed E-state index contributed by atoms with van der Waals surface area (Å²) in [7, 11) is 0. The summed E-state index contributed by atoms with van der Waals surface area (Å²) in [6, 6.07) is 8.97. The molecule has 0 bridgehead atoms. The lowest BCUT2D eigenvalue weighted by atomic mass is 10.1. The van der Waals surface area contributed by atoms with E-state index in [1.807, 2.05) is 32.0 Å². The average molecular weight is 242 g/mol. The number of aromatic nitrogens is 1. The van der Waals surface area contributed by atoms with Crippen molar-refractivity contribution < 1.29 is 9.90 Å². The van der Waals surface area contributed by atoms with Crippen molar-refractivity contribution in [1.82, 2.24) is 4.98 Å². The highest BCUT2D eigenvalue weighted by Gasteiger charge is 2.11. The quantitative estimate of drug-likeness (QED) is 0.868. The third kappa shape index (κ3) is 2.48. The van der Waals surface area contributed by atoms with Crippen LogP contribution in [0, 0.1) is 13.8 Å². The fourth-order valence-electron chi connectivity index (χ4n) is 1.71. The van der Waals surface area contributed by atoms with E-state index in [-0.39, 0.29) is 5.56 Å². The van der Waals surface area contributed by atoms with Gasteiger partial charge < -0.3 is 10.4 Å². The molecule has 1 aromatic carbocycles. The van der Waals surface area contributed by atoms with Crippen LogP contribution in [-0.4, -0.2) is 16.1 Å². The molecule has 18 heavy (non-hydrogen) atoms. The van der Waals surface area contributed by atoms with Crippen LogP contribution in [0.5, 0.6) is 0 Å². The van der Waals surface area contributed by atoms with Gasteiger partial charge >= 0.3 is 5.97 Å². The number of carbonyl (C=O) groups is 1. The van der Waals surface area contributed by atoms with Crippen molar-refractivity contribution in [3.63, 3.8) is 0 Å². The number of carboxylic acids is 1. The van der Waals surface area contributed by atoms with Gasteiger partial charge in [0.25, 0.3) is 0 Å². The van der Waals surface area contributed by atoms with Crippen LogP contribution in [0.2, 0.25) is 0 Å². The van der Waals surface area contributed by atoms with Gasteiger partial charge in [-0.3, -0.25) is 4.98 Å². The second-order valence-electron chi connectivity index (χ2n) is 4.12. The van der Waals surface area contributed by atoms with Crippen molar-refractivity contribution in [3.8, 4) is 0 Å². The number of benzene rings is 1. The molecule has 0 atom stereocenters. The van der Waals surface area contributed by atoms with Crippen molar-refractivity contribution in [2.24, 2.45) is 0 Å². The van der Waals surface area contributed by atoms with Gasteiger partial charge in [-0.2, -0.15) is 0 Å². The van der Waals surface area contributed by atoms with Gasteiger partial charge in [0.05, 0.1) is 22.6 Å². The predicted molar refractivity (Wildman–Crippen MR) is 70.4 cm³/mol. The number of aromatic carboxylic acids is 1. The monoisotopic (exact) mass is 242 g/mol. The van der Waals surface area contributed by atoms with Gasteiger partial charge in [0.2, 0.25) is 0 Å². The van der Waals surface area contributed by atoms with Crippen LogP contribution < -0.4 is 5.32 Å². The molecule has 0 fully saturated rings. The zero-order valence-electron chi connectivity index (χ0n) is 10.3. The van der Waals surface area contributed by atoms with Gasteiger partial charge in [0.15, 0.2) is 0 Å². The largest absolute Gasteiger partial charge is 0.478 e. The van der Waals surface area contributed by atoms with Crippen LogP contribution in [0.15, 0.2) is 36.5 Å². The van der Waals surface area contributed by atoms with Crippen molar-refractivity contribution in [3.05, 3.63) is 53.3 Å². The van der Waals surface area contributed by atoms with Gasteiger partial charge in [-0.15, -0.1) is 0 Å². The summed E-state index contributed by atoms with van der Waals surface area (Å²) < 4.78 is 0. The molecule has 4 nitrogen and oxygen atoms in total. The Hall–Kier alpha value is -2.36. The van der Waals surface area contributed by atoms with Crippen LogP contribution in [0.25, 0.3) is 0 Å². The minimum atomic E-state index is -0.942. The second kappa shape index (κ2) is 4.87. The summed E-state index contributed by atoms with van der Waals surface area (Å²) in [5.41, 5.74) is 3.39. The number of pyridine rings is 1. The van der Waals surface area contributed by atoms with E-state index in [1.165, 1.54) is 0 Å². The summed E-state index contributed by atoms with van der Waals surface area (Å²) in [6.45, 7) is 3.74. The lowest BCUT2D eigenvalue weighted by molar-refractivity contribution is 0.0698. The Balaban J connectivity index is 2.41. The fraction of sp³-hybridized carbons (Fsp3) is 0.143. The molecule has 0 spiro atoms. The summed E-state index contributed by atoms with van der Waals surface area (Å²) in [5.74, 6) is -0.942. The normalized spacial score (nSPS) is 10.1. The average Bonchev–Trinajstić information content (AvgIpc) is 2.34. The van der Waals surface area contributed by atoms with Crippen LogP contribution in [0.4, 0.5) is 11.4 Å². The molecular formula is C14H14N2O2. The van der Waals surface area contributed by atoms with E-state index in [0.717, 1.165) is 16.9 Å². The first-order valence-corrected chi connectivity index (χ1v) is 5.60. The Labute approximate surface area is 105 Å². The summed E-state index contributed by atoms with van der Waals surface area (Å²) in [4.78, 5) is 15.4. The highest BCUT2D eigenvalue weighted by atomic mass is 16.4. The van der Waals surface area contributed by atoms with E-state index in [1.54, 1.807) is 18.3 Å². The SMILES string of the molecule is Cc1ccc(Nc2cccnc2C)c(C(=O)O)c1. The molecule has 0 saturated carbocycles. The number of anilines is 2. The smallest absolute Gasteiger partial charge is 0.337 e. The number of nitrogens with zero attached hydrogens (tertiary/aromatic N) is 1. The maximum absolute atomic E-state index is 11.2. The van der Waals surface area contributed by atoms with Crippen LogP contribution in [-0.2, 0) is 0 Å². The Bertz CT molecular complexity index is 594. The molecule has 0 radical (unpaired) electrons. The second-order valence-corrected chi connectivity index (χ2v) is 4.12. The van der Waals surface area contributed by atoms with Gasteiger partial charge in [-0.1, -0.05) is 11.6 Å². The lowest BCUT2D eigenvalue weighted by Gasteiger charge is -2.11. The molecule has 0 amide bonds. The van der Waals surface area contributed by atoms with Crippen LogP contribution in [0.1, 0.15) is 21.6 Å². The lowest BCUT2D eigenvalue weighted by Crippen LogP contribution is -2.04. The number of rotatable bonds is 3. The van der Waals surface area contributed by atoms with Crippen molar-refractivity contribution in [1.29, 1.82) is 0 Å². The number of carboxylic acid groups (broad SMARTS) is 1. The Morgan fingerprint density at radius 3 is 2.67 bits per heavy atom. The van der Waals surface area contributed by atoms with Crippen molar-refractivity contribution in [2.45, 2.75) is 13.8 Å². The molecule has 0 aliphatic carbocycles. The van der Waals surface area contributed by atoms with Gasteiger partial charge in [-0.25, -0.2) is 4.79 Å². The van der Waals surface area contributed by atoms with Gasteiger partial charge in [0.1, 0.15) is 0 Å². The first-order chi connectivity index (χ1) is 8.58. The first kappa shape index (κ1) is 12.1. The van der Waals surface area contributed by atoms with E-state index in [0.29, 0.717) is 5.69 Å². The molecule has 2 N–H and O–H groups in total. The third-order valence-corrected chi connectivity index (χ3v) is 2.68. The van der Waals surface area contributed by atoms with E-state index < -0.39 is 5.97 Å². The number of nitrogens with one attached hydrogen (secondary N) is 1. The predicted octanol–water partition coefficient (Wildman–Crippen LogP) is 3.14.